The molecule has 11 nitrogen and oxygen atoms in total. The highest BCUT2D eigenvalue weighted by Gasteiger charge is 2.22. The minimum atomic E-state index is -0.425. The topological polar surface area (TPSA) is 143 Å². The summed E-state index contributed by atoms with van der Waals surface area (Å²) in [6.45, 7) is 10.4. The smallest absolute Gasteiger partial charge is 0.320 e. The number of anilines is 1. The third-order valence-corrected chi connectivity index (χ3v) is 8.16. The molecule has 0 saturated carbocycles. The minimum Gasteiger partial charge on any atom is -0.508 e. The van der Waals surface area contributed by atoms with E-state index < -0.39 is 6.03 Å². The van der Waals surface area contributed by atoms with Crippen LogP contribution in [0, 0.1) is 25.2 Å². The number of aryl methyl sites for hydroxylation is 1. The van der Waals surface area contributed by atoms with E-state index >= 15 is 0 Å². The molecule has 11 heteroatoms. The monoisotopic (exact) mass is 660 g/mol. The molecule has 49 heavy (non-hydrogen) atoms. The van der Waals surface area contributed by atoms with Crippen molar-refractivity contribution in [3.63, 3.8) is 0 Å². The number of amides is 2. The van der Waals surface area contributed by atoms with Crippen molar-refractivity contribution in [1.29, 1.82) is 5.26 Å². The number of carbonyl (C=O) groups is 1. The molecule has 0 atom stereocenters. The van der Waals surface area contributed by atoms with Crippen LogP contribution in [0.25, 0.3) is 5.69 Å². The fraction of sp³-hybridized carbons (Fsp3) is 0.263. The average Bonchev–Trinajstić information content (AvgIpc) is 3.51. The van der Waals surface area contributed by atoms with Crippen LogP contribution in [0.5, 0.6) is 17.2 Å². The molecule has 0 aliphatic heterocycles. The maximum atomic E-state index is 13.4. The van der Waals surface area contributed by atoms with Crippen LogP contribution in [0.4, 0.5) is 10.6 Å². The number of phenols is 1. The molecule has 2 amide bonds. The maximum absolute atomic E-state index is 13.4. The number of nitriles is 1. The summed E-state index contributed by atoms with van der Waals surface area (Å²) in [5, 5.41) is 30.0. The van der Waals surface area contributed by atoms with Crippen LogP contribution in [0.15, 0.2) is 83.7 Å². The van der Waals surface area contributed by atoms with Gasteiger partial charge in [0.15, 0.2) is 0 Å². The van der Waals surface area contributed by atoms with E-state index in [1.54, 1.807) is 52.6 Å². The summed E-state index contributed by atoms with van der Waals surface area (Å²) in [6, 6.07) is 24.9. The number of rotatable bonds is 10. The highest BCUT2D eigenvalue weighted by Crippen LogP contribution is 2.28. The second-order valence-electron chi connectivity index (χ2n) is 12.8. The van der Waals surface area contributed by atoms with Crippen molar-refractivity contribution >= 4 is 11.8 Å². The lowest BCUT2D eigenvalue weighted by atomic mass is 9.92. The van der Waals surface area contributed by atoms with Crippen LogP contribution in [0.3, 0.4) is 0 Å². The van der Waals surface area contributed by atoms with Crippen molar-refractivity contribution in [2.45, 2.75) is 59.7 Å². The number of hydrogen-bond donors (Lipinski definition) is 3. The van der Waals surface area contributed by atoms with Gasteiger partial charge in [0.1, 0.15) is 35.7 Å². The van der Waals surface area contributed by atoms with E-state index in [0.29, 0.717) is 46.4 Å². The van der Waals surface area contributed by atoms with Gasteiger partial charge in [0.2, 0.25) is 0 Å². The predicted molar refractivity (Wildman–Crippen MR) is 188 cm³/mol. The molecule has 2 heterocycles. The van der Waals surface area contributed by atoms with Gasteiger partial charge in [-0.3, -0.25) is 10.1 Å². The second-order valence-corrected chi connectivity index (χ2v) is 12.8. The lowest BCUT2D eigenvalue weighted by Gasteiger charge is -2.17. The largest absolute Gasteiger partial charge is 0.508 e. The zero-order chi connectivity index (χ0) is 35.3. The molecule has 252 valence electrons. The number of pyridine rings is 1. The van der Waals surface area contributed by atoms with E-state index in [0.717, 1.165) is 22.4 Å². The third kappa shape index (κ3) is 7.93. The van der Waals surface area contributed by atoms with Gasteiger partial charge in [-0.1, -0.05) is 57.2 Å². The molecule has 0 unspecified atom stereocenters. The van der Waals surface area contributed by atoms with Gasteiger partial charge in [-0.2, -0.15) is 10.4 Å². The van der Waals surface area contributed by atoms with E-state index in [-0.39, 0.29) is 29.9 Å². The Morgan fingerprint density at radius 1 is 0.980 bits per heavy atom. The summed E-state index contributed by atoms with van der Waals surface area (Å²) in [5.41, 5.74) is 5.03. The Hall–Kier alpha value is -6.02. The first kappa shape index (κ1) is 34.3. The molecule has 3 aromatic carbocycles. The van der Waals surface area contributed by atoms with Crippen molar-refractivity contribution in [2.75, 3.05) is 12.4 Å². The van der Waals surface area contributed by atoms with Crippen molar-refractivity contribution in [1.82, 2.24) is 19.7 Å². The van der Waals surface area contributed by atoms with Crippen molar-refractivity contribution < 1.29 is 19.4 Å². The number of urea groups is 1. The Balaban J connectivity index is 1.27. The quantitative estimate of drug-likeness (QED) is 0.156. The summed E-state index contributed by atoms with van der Waals surface area (Å²) in [4.78, 5) is 26.5. The number of nitrogens with zero attached hydrogens (tertiary/aromatic N) is 4. The molecule has 2 aromatic heterocycles. The lowest BCUT2D eigenvalue weighted by Crippen LogP contribution is -2.29. The molecular formula is C38H40N6O5. The van der Waals surface area contributed by atoms with Crippen LogP contribution < -0.4 is 25.7 Å². The highest BCUT2D eigenvalue weighted by atomic mass is 16.5. The number of ether oxygens (including phenoxy) is 2. The summed E-state index contributed by atoms with van der Waals surface area (Å²) >= 11 is 0. The van der Waals surface area contributed by atoms with Crippen LogP contribution in [-0.2, 0) is 25.1 Å². The van der Waals surface area contributed by atoms with Gasteiger partial charge in [-0.05, 0) is 60.9 Å². The summed E-state index contributed by atoms with van der Waals surface area (Å²) in [6.07, 6.45) is 0. The molecule has 5 aromatic rings. The number of methoxy groups -OCH3 is 1. The van der Waals surface area contributed by atoms with Crippen LogP contribution in [-0.4, -0.2) is 32.6 Å². The number of hydrogen-bond acceptors (Lipinski definition) is 7. The van der Waals surface area contributed by atoms with E-state index in [4.69, 9.17) is 14.6 Å². The standard InChI is InChI=1S/C38H40N6O5/c1-24-16-33(25(2)36(46)43(24)22-26-14-15-32(48-6)29(17-26)20-39)49-23-28-11-8-7-10-27(28)21-40-37(47)41-35-19-34(38(3,4)5)42-44(35)30-12-9-13-31(45)18-30/h7-19,45H,21-23H2,1-6H3,(H2,40,41,47). The van der Waals surface area contributed by atoms with E-state index in [9.17, 15) is 20.0 Å². The number of benzene rings is 3. The zero-order valence-electron chi connectivity index (χ0n) is 28.5. The molecule has 0 aliphatic rings. The Kier molecular flexibility index (Phi) is 10.1. The SMILES string of the molecule is COc1ccc(Cn2c(C)cc(OCc3ccccc3CNC(=O)Nc3cc(C(C)(C)C)nn3-c3cccc(O)c3)c(C)c2=O)cc1C#N. The molecule has 0 aliphatic carbocycles. The number of phenolic OH excluding ortho intramolecular Hbond substituents is 1. The Morgan fingerprint density at radius 3 is 2.43 bits per heavy atom. The first-order chi connectivity index (χ1) is 23.4. The zero-order valence-corrected chi connectivity index (χ0v) is 28.5. The maximum Gasteiger partial charge on any atom is 0.320 e. The van der Waals surface area contributed by atoms with E-state index in [2.05, 4.69) is 16.7 Å². The van der Waals surface area contributed by atoms with Gasteiger partial charge < -0.3 is 24.5 Å². The fourth-order valence-electron chi connectivity index (χ4n) is 5.33. The molecule has 0 fully saturated rings. The minimum absolute atomic E-state index is 0.0923. The van der Waals surface area contributed by atoms with Crippen LogP contribution in [0.1, 0.15) is 60.0 Å². The Bertz CT molecular complexity index is 2100. The average molecular weight is 661 g/mol. The van der Waals surface area contributed by atoms with Gasteiger partial charge in [-0.25, -0.2) is 9.48 Å². The van der Waals surface area contributed by atoms with Gasteiger partial charge in [0.25, 0.3) is 5.56 Å². The lowest BCUT2D eigenvalue weighted by molar-refractivity contribution is 0.251. The van der Waals surface area contributed by atoms with Crippen molar-refractivity contribution in [3.05, 3.63) is 128 Å². The van der Waals surface area contributed by atoms with E-state index in [1.807, 2.05) is 70.2 Å². The van der Waals surface area contributed by atoms with E-state index in [1.165, 1.54) is 7.11 Å². The molecule has 0 radical (unpaired) electrons. The second kappa shape index (κ2) is 14.4. The van der Waals surface area contributed by atoms with Crippen molar-refractivity contribution in [2.24, 2.45) is 0 Å². The van der Waals surface area contributed by atoms with Gasteiger partial charge in [0.05, 0.1) is 36.2 Å². The molecule has 3 N–H and O–H groups in total. The third-order valence-electron chi connectivity index (χ3n) is 8.16. The van der Waals surface area contributed by atoms with Crippen LogP contribution >= 0.6 is 0 Å². The molecule has 5 rings (SSSR count). The number of carbonyl (C=O) groups excluding carboxylic acids is 1. The molecule has 0 saturated heterocycles. The van der Waals surface area contributed by atoms with Crippen molar-refractivity contribution in [3.8, 4) is 29.0 Å². The number of nitrogens with one attached hydrogen (secondary N) is 2. The van der Waals surface area contributed by atoms with Crippen LogP contribution in [0.2, 0.25) is 0 Å². The fourth-order valence-corrected chi connectivity index (χ4v) is 5.33. The summed E-state index contributed by atoms with van der Waals surface area (Å²) in [5.74, 6) is 1.51. The highest BCUT2D eigenvalue weighted by molar-refractivity contribution is 5.88. The summed E-state index contributed by atoms with van der Waals surface area (Å²) < 4.78 is 14.7. The molecular weight excluding hydrogens is 620 g/mol. The number of aromatic hydroxyl groups is 1. The van der Waals surface area contributed by atoms with Gasteiger partial charge in [-0.15, -0.1) is 0 Å². The summed E-state index contributed by atoms with van der Waals surface area (Å²) in [7, 11) is 1.51. The first-order valence-electron chi connectivity index (χ1n) is 15.8. The Morgan fingerprint density at radius 2 is 1.73 bits per heavy atom. The predicted octanol–water partition coefficient (Wildman–Crippen LogP) is 6.48. The molecule has 0 spiro atoms. The van der Waals surface area contributed by atoms with Gasteiger partial charge in [0, 0.05) is 29.8 Å². The Labute approximate surface area is 285 Å². The molecule has 0 bridgehead atoms. The normalized spacial score (nSPS) is 11.1. The number of aromatic nitrogens is 3. The first-order valence-corrected chi connectivity index (χ1v) is 15.8. The van der Waals surface area contributed by atoms with Gasteiger partial charge >= 0.3 is 6.03 Å².